The van der Waals surface area contributed by atoms with Crippen LogP contribution in [0.4, 0.5) is 10.1 Å². The smallest absolute Gasteiger partial charge is 0.346 e. The zero-order valence-corrected chi connectivity index (χ0v) is 20.8. The fourth-order valence-corrected chi connectivity index (χ4v) is 5.15. The van der Waals surface area contributed by atoms with Gasteiger partial charge in [-0.25, -0.2) is 14.0 Å². The van der Waals surface area contributed by atoms with E-state index in [2.05, 4.69) is 5.32 Å². The molecule has 5 N–H and O–H groups in total. The van der Waals surface area contributed by atoms with Crippen LogP contribution < -0.4 is 15.6 Å². The Labute approximate surface area is 216 Å². The van der Waals surface area contributed by atoms with Crippen molar-refractivity contribution in [3.05, 3.63) is 39.4 Å². The molecule has 13 heteroatoms. The molecule has 0 radical (unpaired) electrons. The highest BCUT2D eigenvalue weighted by Crippen LogP contribution is 2.39. The lowest BCUT2D eigenvalue weighted by Crippen LogP contribution is -2.60. The average molecular weight is 536 g/mol. The molecule has 1 aromatic carbocycles. The molecule has 3 aliphatic rings. The van der Waals surface area contributed by atoms with Gasteiger partial charge in [0, 0.05) is 43.5 Å². The van der Waals surface area contributed by atoms with Gasteiger partial charge in [0.25, 0.3) is 0 Å². The molecule has 3 fully saturated rings. The topological polar surface area (TPSA) is 171 Å². The quantitative estimate of drug-likeness (QED) is 0.317. The summed E-state index contributed by atoms with van der Waals surface area (Å²) in [5, 5.41) is 42.6. The van der Waals surface area contributed by atoms with Gasteiger partial charge in [0.05, 0.1) is 16.6 Å². The highest BCUT2D eigenvalue weighted by Gasteiger charge is 2.49. The van der Waals surface area contributed by atoms with E-state index in [-0.39, 0.29) is 23.0 Å². The molecule has 2 saturated heterocycles. The molecular formula is C25H30FN3O9. The Kier molecular flexibility index (Phi) is 6.90. The molecule has 0 spiro atoms. The number of aliphatic hydroxyl groups is 3. The molecule has 38 heavy (non-hydrogen) atoms. The molecule has 12 nitrogen and oxygen atoms in total. The lowest BCUT2D eigenvalue weighted by molar-refractivity contribution is -0.278. The van der Waals surface area contributed by atoms with Crippen LogP contribution in [0.1, 0.15) is 41.7 Å². The van der Waals surface area contributed by atoms with Crippen LogP contribution in [0.15, 0.2) is 17.1 Å². The molecule has 0 bridgehead atoms. The summed E-state index contributed by atoms with van der Waals surface area (Å²) in [7, 11) is 0. The van der Waals surface area contributed by atoms with E-state index in [1.54, 1.807) is 10.6 Å². The Morgan fingerprint density at radius 1 is 1.18 bits per heavy atom. The number of aryl methyl sites for hydroxylation is 1. The summed E-state index contributed by atoms with van der Waals surface area (Å²) in [6.07, 6.45) is -6.97. The second kappa shape index (κ2) is 9.89. The molecule has 5 rings (SSSR count). The normalized spacial score (nSPS) is 29.9. The van der Waals surface area contributed by atoms with Gasteiger partial charge in [-0.3, -0.25) is 4.79 Å². The molecule has 1 aromatic heterocycles. The van der Waals surface area contributed by atoms with Crippen molar-refractivity contribution in [2.24, 2.45) is 0 Å². The molecule has 6 atom stereocenters. The first-order chi connectivity index (χ1) is 18.0. The zero-order valence-electron chi connectivity index (χ0n) is 20.8. The van der Waals surface area contributed by atoms with Crippen molar-refractivity contribution in [3.63, 3.8) is 0 Å². The first-order valence-electron chi connectivity index (χ1n) is 12.5. The van der Waals surface area contributed by atoms with Crippen LogP contribution in [0, 0.1) is 12.7 Å². The van der Waals surface area contributed by atoms with Gasteiger partial charge in [-0.15, -0.1) is 0 Å². The fraction of sp³-hybridized carbons (Fsp3) is 0.560. The Balaban J connectivity index is 1.55. The molecular weight excluding hydrogens is 505 g/mol. The molecule has 1 aliphatic carbocycles. The number of nitrogens with one attached hydrogen (secondary N) is 1. The predicted octanol–water partition coefficient (Wildman–Crippen LogP) is -0.369. The average Bonchev–Trinajstić information content (AvgIpc) is 3.71. The molecule has 3 heterocycles. The van der Waals surface area contributed by atoms with E-state index in [4.69, 9.17) is 9.47 Å². The summed E-state index contributed by atoms with van der Waals surface area (Å²) in [5.41, 5.74) is -0.319. The fourth-order valence-electron chi connectivity index (χ4n) is 5.15. The summed E-state index contributed by atoms with van der Waals surface area (Å²) in [6.45, 7) is 5.33. The van der Waals surface area contributed by atoms with E-state index in [1.807, 2.05) is 11.8 Å². The third-order valence-electron chi connectivity index (χ3n) is 7.38. The van der Waals surface area contributed by atoms with Crippen molar-refractivity contribution in [1.82, 2.24) is 9.88 Å². The summed E-state index contributed by atoms with van der Waals surface area (Å²) < 4.78 is 27.5. The molecule has 1 saturated carbocycles. The number of carbonyl (C=O) groups excluding carboxylic acids is 1. The van der Waals surface area contributed by atoms with E-state index < -0.39 is 59.5 Å². The van der Waals surface area contributed by atoms with Crippen LogP contribution in [0.5, 0.6) is 0 Å². The van der Waals surface area contributed by atoms with Crippen molar-refractivity contribution < 1.29 is 43.9 Å². The number of carboxylic acids is 1. The minimum atomic E-state index is -1.98. The van der Waals surface area contributed by atoms with Gasteiger partial charge in [-0.1, -0.05) is 0 Å². The van der Waals surface area contributed by atoms with E-state index in [1.165, 1.54) is 13.1 Å². The molecule has 0 unspecified atom stereocenters. The van der Waals surface area contributed by atoms with E-state index in [9.17, 15) is 34.8 Å². The number of aromatic nitrogens is 1. The van der Waals surface area contributed by atoms with Crippen molar-refractivity contribution in [2.45, 2.75) is 69.5 Å². The number of hydrogen-bond acceptors (Lipinski definition) is 10. The number of piperazine rings is 1. The molecule has 206 valence electrons. The summed E-state index contributed by atoms with van der Waals surface area (Å²) in [4.78, 5) is 39.9. The van der Waals surface area contributed by atoms with Gasteiger partial charge in [-0.05, 0) is 32.8 Å². The number of nitrogens with zero attached hydrogens (tertiary/aromatic N) is 2. The Morgan fingerprint density at radius 2 is 1.89 bits per heavy atom. The number of fused-ring (bicyclic) bond motifs is 1. The number of aliphatic carboxylic acids is 1. The van der Waals surface area contributed by atoms with Crippen molar-refractivity contribution >= 4 is 28.5 Å². The number of aliphatic hydroxyl groups excluding tert-OH is 3. The maximum absolute atomic E-state index is 15.6. The number of anilines is 1. The van der Waals surface area contributed by atoms with Gasteiger partial charge >= 0.3 is 11.9 Å². The van der Waals surface area contributed by atoms with Crippen LogP contribution in [-0.2, 0) is 14.3 Å². The van der Waals surface area contributed by atoms with E-state index >= 15 is 4.39 Å². The van der Waals surface area contributed by atoms with Crippen molar-refractivity contribution in [1.29, 1.82) is 0 Å². The second-order valence-corrected chi connectivity index (χ2v) is 10.2. The lowest BCUT2D eigenvalue weighted by Gasteiger charge is -2.37. The SMILES string of the molecule is Cc1c(F)c(N2CCN[C@@H](C)C2)cc2c1c(=O)c(C(=O)O[C@@H]1O[C@H](C(=O)O)[C@@H](O)[C@H](O)[C@H]1O)cn2C1CC1. The van der Waals surface area contributed by atoms with Gasteiger partial charge in [0.2, 0.25) is 11.7 Å². The number of carboxylic acid groups (broad SMARTS) is 1. The number of ether oxygens (including phenoxy) is 2. The number of benzene rings is 1. The van der Waals surface area contributed by atoms with E-state index in [0.717, 1.165) is 12.8 Å². The van der Waals surface area contributed by atoms with Gasteiger partial charge in [0.1, 0.15) is 29.7 Å². The lowest BCUT2D eigenvalue weighted by atomic mass is 9.99. The van der Waals surface area contributed by atoms with Crippen LogP contribution in [0.3, 0.4) is 0 Å². The third kappa shape index (κ3) is 4.54. The van der Waals surface area contributed by atoms with E-state index in [0.29, 0.717) is 30.8 Å². The summed E-state index contributed by atoms with van der Waals surface area (Å²) >= 11 is 0. The molecule has 2 aromatic rings. The molecule has 2 aliphatic heterocycles. The number of hydrogen-bond donors (Lipinski definition) is 5. The number of rotatable bonds is 5. The largest absolute Gasteiger partial charge is 0.479 e. The predicted molar refractivity (Wildman–Crippen MR) is 131 cm³/mol. The Bertz CT molecular complexity index is 1340. The Hall–Kier alpha value is -3.10. The van der Waals surface area contributed by atoms with Gasteiger partial charge < -0.3 is 44.7 Å². The number of halogens is 1. The standard InChI is InChI=1S/C25H30FN3O9/c1-10-8-28(6-5-27-10)15-7-14-16(11(2)17(15)26)18(30)13(9-29(14)12-3-4-12)24(36)38-25-21(33)19(31)20(32)22(37-25)23(34)35/h7,9-10,12,19-22,25,27,31-33H,3-6,8H2,1-2H3,(H,34,35)/t10-,19-,20-,21+,22-,25-/m0/s1. The Morgan fingerprint density at radius 3 is 2.53 bits per heavy atom. The van der Waals surface area contributed by atoms with Crippen molar-refractivity contribution in [2.75, 3.05) is 24.5 Å². The molecule has 0 amide bonds. The van der Waals surface area contributed by atoms with Crippen molar-refractivity contribution in [3.8, 4) is 0 Å². The highest BCUT2D eigenvalue weighted by molar-refractivity contribution is 5.96. The number of esters is 1. The van der Waals surface area contributed by atoms with Gasteiger partial charge in [-0.2, -0.15) is 0 Å². The maximum Gasteiger partial charge on any atom is 0.346 e. The van der Waals surface area contributed by atoms with Gasteiger partial charge in [0.15, 0.2) is 6.10 Å². The van der Waals surface area contributed by atoms with Crippen LogP contribution in [0.2, 0.25) is 0 Å². The maximum atomic E-state index is 15.6. The number of carbonyl (C=O) groups is 2. The number of pyridine rings is 1. The zero-order chi connectivity index (χ0) is 27.5. The monoisotopic (exact) mass is 535 g/mol. The first kappa shape index (κ1) is 26.5. The van der Waals surface area contributed by atoms with Crippen LogP contribution >= 0.6 is 0 Å². The minimum absolute atomic E-state index is 0.0137. The minimum Gasteiger partial charge on any atom is -0.479 e. The first-order valence-corrected chi connectivity index (χ1v) is 12.5. The van der Waals surface area contributed by atoms with Crippen LogP contribution in [-0.4, -0.2) is 93.3 Å². The summed E-state index contributed by atoms with van der Waals surface area (Å²) in [6, 6.07) is 1.77. The summed E-state index contributed by atoms with van der Waals surface area (Å²) in [5.74, 6) is -3.46. The van der Waals surface area contributed by atoms with Crippen LogP contribution in [0.25, 0.3) is 10.9 Å². The third-order valence-corrected chi connectivity index (χ3v) is 7.38. The highest BCUT2D eigenvalue weighted by atomic mass is 19.1. The second-order valence-electron chi connectivity index (χ2n) is 10.2.